The van der Waals surface area contributed by atoms with E-state index in [9.17, 15) is 4.79 Å². The summed E-state index contributed by atoms with van der Waals surface area (Å²) in [5.74, 6) is -0.0745. The molecule has 0 radical (unpaired) electrons. The summed E-state index contributed by atoms with van der Waals surface area (Å²) in [7, 11) is 0. The number of allylic oxidation sites excluding steroid dienone is 1. The summed E-state index contributed by atoms with van der Waals surface area (Å²) in [5.41, 5.74) is 9.72. The molecule has 1 aliphatic heterocycles. The molecule has 2 aromatic rings. The predicted octanol–water partition coefficient (Wildman–Crippen LogP) is 5.49. The van der Waals surface area contributed by atoms with Gasteiger partial charge in [-0.2, -0.15) is 5.10 Å². The first-order valence-corrected chi connectivity index (χ1v) is 10.7. The number of benzene rings is 2. The second-order valence-corrected chi connectivity index (χ2v) is 8.95. The SMILES string of the molecule is CC1=CC(C)(C)N(C(C)C)c2cc(C)c(/C=N\NC(=O)CCc3ccccc3)cc21. The van der Waals surface area contributed by atoms with Gasteiger partial charge in [-0.05, 0) is 82.4 Å². The number of hydrazone groups is 1. The largest absolute Gasteiger partial charge is 0.360 e. The maximum absolute atomic E-state index is 12.1. The normalized spacial score (nSPS) is 15.3. The van der Waals surface area contributed by atoms with Crippen LogP contribution in [0.1, 0.15) is 63.3 Å². The van der Waals surface area contributed by atoms with Gasteiger partial charge in [-0.15, -0.1) is 0 Å². The Bertz CT molecular complexity index is 971. The second kappa shape index (κ2) is 8.86. The van der Waals surface area contributed by atoms with E-state index >= 15 is 0 Å². The van der Waals surface area contributed by atoms with Crippen molar-refractivity contribution in [2.24, 2.45) is 5.10 Å². The van der Waals surface area contributed by atoms with Crippen LogP contribution in [0.5, 0.6) is 0 Å². The van der Waals surface area contributed by atoms with E-state index in [1.807, 2.05) is 30.3 Å². The van der Waals surface area contributed by atoms with E-state index in [0.29, 0.717) is 18.9 Å². The Morgan fingerprint density at radius 3 is 2.53 bits per heavy atom. The van der Waals surface area contributed by atoms with Gasteiger partial charge in [0.25, 0.3) is 0 Å². The molecule has 1 heterocycles. The highest BCUT2D eigenvalue weighted by molar-refractivity contribution is 5.90. The van der Waals surface area contributed by atoms with Crippen molar-refractivity contribution < 1.29 is 4.79 Å². The number of rotatable bonds is 6. The molecule has 0 bridgehead atoms. The second-order valence-electron chi connectivity index (χ2n) is 8.95. The molecule has 158 valence electrons. The van der Waals surface area contributed by atoms with E-state index in [-0.39, 0.29) is 11.4 Å². The van der Waals surface area contributed by atoms with E-state index < -0.39 is 0 Å². The number of hydrogen-bond acceptors (Lipinski definition) is 3. The zero-order valence-electron chi connectivity index (χ0n) is 19.0. The molecular weight excluding hydrogens is 370 g/mol. The van der Waals surface area contributed by atoms with Gasteiger partial charge in [-0.25, -0.2) is 5.43 Å². The van der Waals surface area contributed by atoms with Gasteiger partial charge in [0, 0.05) is 23.7 Å². The molecule has 3 rings (SSSR count). The lowest BCUT2D eigenvalue weighted by molar-refractivity contribution is -0.121. The van der Waals surface area contributed by atoms with E-state index in [1.165, 1.54) is 16.8 Å². The van der Waals surface area contributed by atoms with Crippen molar-refractivity contribution in [1.82, 2.24) is 5.43 Å². The number of anilines is 1. The van der Waals surface area contributed by atoms with Crippen molar-refractivity contribution >= 4 is 23.4 Å². The molecule has 2 aromatic carbocycles. The first-order chi connectivity index (χ1) is 14.2. The standard InChI is InChI=1S/C26H33N3O/c1-18(2)29-24-14-19(3)22(15-23(24)20(4)16-26(29,5)6)17-27-28-25(30)13-12-21-10-8-7-9-11-21/h7-11,14-18H,12-13H2,1-6H3,(H,28,30)/b27-17-. The fraction of sp³-hybridized carbons (Fsp3) is 0.385. The van der Waals surface area contributed by atoms with Gasteiger partial charge in [-0.1, -0.05) is 36.4 Å². The lowest BCUT2D eigenvalue weighted by Gasteiger charge is -2.46. The van der Waals surface area contributed by atoms with Crippen LogP contribution in [0.15, 0.2) is 53.6 Å². The van der Waals surface area contributed by atoms with Crippen molar-refractivity contribution in [2.45, 2.75) is 66.0 Å². The molecule has 0 saturated heterocycles. The lowest BCUT2D eigenvalue weighted by Crippen LogP contribution is -2.49. The number of carbonyl (C=O) groups excluding carboxylic acids is 1. The smallest absolute Gasteiger partial charge is 0.240 e. The summed E-state index contributed by atoms with van der Waals surface area (Å²) in [6, 6.07) is 14.8. The number of amides is 1. The van der Waals surface area contributed by atoms with Crippen molar-refractivity contribution in [2.75, 3.05) is 4.90 Å². The topological polar surface area (TPSA) is 44.7 Å². The fourth-order valence-corrected chi connectivity index (χ4v) is 4.43. The van der Waals surface area contributed by atoms with E-state index in [1.54, 1.807) is 6.21 Å². The van der Waals surface area contributed by atoms with E-state index in [2.05, 4.69) is 75.2 Å². The Morgan fingerprint density at radius 2 is 1.87 bits per heavy atom. The van der Waals surface area contributed by atoms with Crippen LogP contribution in [-0.2, 0) is 11.2 Å². The van der Waals surface area contributed by atoms with Gasteiger partial charge in [0.05, 0.1) is 11.8 Å². The minimum atomic E-state index is -0.0745. The monoisotopic (exact) mass is 403 g/mol. The van der Waals surface area contributed by atoms with Gasteiger partial charge in [-0.3, -0.25) is 4.79 Å². The van der Waals surface area contributed by atoms with Gasteiger partial charge in [0.1, 0.15) is 0 Å². The molecule has 30 heavy (non-hydrogen) atoms. The van der Waals surface area contributed by atoms with Crippen molar-refractivity contribution in [3.63, 3.8) is 0 Å². The Morgan fingerprint density at radius 1 is 1.17 bits per heavy atom. The van der Waals surface area contributed by atoms with Crippen LogP contribution < -0.4 is 10.3 Å². The van der Waals surface area contributed by atoms with Gasteiger partial charge < -0.3 is 4.90 Å². The third-order valence-corrected chi connectivity index (χ3v) is 5.65. The number of nitrogens with zero attached hydrogens (tertiary/aromatic N) is 2. The lowest BCUT2D eigenvalue weighted by atomic mass is 9.86. The molecule has 1 aliphatic rings. The molecule has 1 amide bonds. The maximum Gasteiger partial charge on any atom is 0.240 e. The third-order valence-electron chi connectivity index (χ3n) is 5.65. The number of hydrogen-bond donors (Lipinski definition) is 1. The highest BCUT2D eigenvalue weighted by Gasteiger charge is 2.33. The summed E-state index contributed by atoms with van der Waals surface area (Å²) in [4.78, 5) is 14.6. The molecule has 0 spiro atoms. The first-order valence-electron chi connectivity index (χ1n) is 10.7. The third kappa shape index (κ3) is 4.81. The molecule has 0 atom stereocenters. The van der Waals surface area contributed by atoms with Gasteiger partial charge in [0.2, 0.25) is 5.91 Å². The van der Waals surface area contributed by atoms with Crippen LogP contribution in [0, 0.1) is 6.92 Å². The van der Waals surface area contributed by atoms with E-state index in [4.69, 9.17) is 0 Å². The summed E-state index contributed by atoms with van der Waals surface area (Å²) in [5, 5.41) is 4.21. The van der Waals surface area contributed by atoms with Crippen LogP contribution in [0.25, 0.3) is 5.57 Å². The van der Waals surface area contributed by atoms with Crippen LogP contribution in [0.4, 0.5) is 5.69 Å². The van der Waals surface area contributed by atoms with Crippen molar-refractivity contribution in [3.05, 3.63) is 70.8 Å². The summed E-state index contributed by atoms with van der Waals surface area (Å²) in [6.07, 6.45) is 5.22. The van der Waals surface area contributed by atoms with Crippen LogP contribution in [0.2, 0.25) is 0 Å². The Balaban J connectivity index is 1.73. The molecule has 4 heteroatoms. The molecule has 4 nitrogen and oxygen atoms in total. The van der Waals surface area contributed by atoms with Gasteiger partial charge in [0.15, 0.2) is 0 Å². The molecule has 0 aliphatic carbocycles. The molecule has 0 saturated carbocycles. The van der Waals surface area contributed by atoms with Crippen molar-refractivity contribution in [1.29, 1.82) is 0 Å². The van der Waals surface area contributed by atoms with Crippen molar-refractivity contribution in [3.8, 4) is 0 Å². The maximum atomic E-state index is 12.1. The Kier molecular flexibility index (Phi) is 6.45. The number of fused-ring (bicyclic) bond motifs is 1. The highest BCUT2D eigenvalue weighted by Crippen LogP contribution is 2.41. The minimum Gasteiger partial charge on any atom is -0.360 e. The summed E-state index contributed by atoms with van der Waals surface area (Å²) >= 11 is 0. The quantitative estimate of drug-likeness (QED) is 0.512. The fourth-order valence-electron chi connectivity index (χ4n) is 4.43. The zero-order valence-corrected chi connectivity index (χ0v) is 19.0. The summed E-state index contributed by atoms with van der Waals surface area (Å²) < 4.78 is 0. The molecule has 0 unspecified atom stereocenters. The Labute approximate surface area is 180 Å². The Hall–Kier alpha value is -2.88. The highest BCUT2D eigenvalue weighted by atomic mass is 16.2. The molecule has 0 fully saturated rings. The number of carbonyl (C=O) groups is 1. The van der Waals surface area contributed by atoms with Crippen LogP contribution in [-0.4, -0.2) is 23.7 Å². The van der Waals surface area contributed by atoms with Crippen LogP contribution in [0.3, 0.4) is 0 Å². The predicted molar refractivity (Wildman–Crippen MR) is 127 cm³/mol. The average molecular weight is 404 g/mol. The summed E-state index contributed by atoms with van der Waals surface area (Å²) in [6.45, 7) is 13.2. The zero-order chi connectivity index (χ0) is 21.9. The van der Waals surface area contributed by atoms with E-state index in [0.717, 1.165) is 16.7 Å². The molecule has 0 aromatic heterocycles. The molecule has 1 N–H and O–H groups in total. The first kappa shape index (κ1) is 21.8. The van der Waals surface area contributed by atoms with Gasteiger partial charge >= 0.3 is 0 Å². The number of aryl methyl sites for hydroxylation is 2. The average Bonchev–Trinajstić information content (AvgIpc) is 2.67. The van der Waals surface area contributed by atoms with Crippen LogP contribution >= 0.6 is 0 Å². The molecular formula is C26H33N3O. The number of nitrogens with one attached hydrogen (secondary N) is 1. The minimum absolute atomic E-state index is 0.0278.